The topological polar surface area (TPSA) is 43.0 Å². The van der Waals surface area contributed by atoms with Crippen molar-refractivity contribution in [3.8, 4) is 0 Å². The number of halogens is 2. The van der Waals surface area contributed by atoms with E-state index in [-0.39, 0.29) is 11.9 Å². The summed E-state index contributed by atoms with van der Waals surface area (Å²) in [5, 5.41) is 3.25. The van der Waals surface area contributed by atoms with Crippen molar-refractivity contribution in [2.75, 3.05) is 5.32 Å². The van der Waals surface area contributed by atoms with Crippen LogP contribution < -0.4 is 5.32 Å². The average molecular weight is 350 g/mol. The molecule has 0 aliphatic heterocycles. The zero-order valence-corrected chi connectivity index (χ0v) is 12.8. The first-order valence-corrected chi connectivity index (χ1v) is 7.16. The molecule has 0 radical (unpaired) electrons. The van der Waals surface area contributed by atoms with E-state index in [9.17, 15) is 4.39 Å². The van der Waals surface area contributed by atoms with Crippen LogP contribution in [0, 0.1) is 5.82 Å². The van der Waals surface area contributed by atoms with Crippen LogP contribution in [0.2, 0.25) is 0 Å². The van der Waals surface area contributed by atoms with Gasteiger partial charge in [-0.1, -0.05) is 0 Å². The van der Waals surface area contributed by atoms with Gasteiger partial charge in [0.15, 0.2) is 0 Å². The SMILES string of the molecule is Cn1ccnc1C(Nc1ccc(Br)c(F)c1)c1ccco1. The molecule has 0 aliphatic carbocycles. The van der Waals surface area contributed by atoms with Crippen molar-refractivity contribution in [1.82, 2.24) is 9.55 Å². The van der Waals surface area contributed by atoms with E-state index in [1.807, 2.05) is 29.9 Å². The first-order valence-electron chi connectivity index (χ1n) is 6.37. The summed E-state index contributed by atoms with van der Waals surface area (Å²) in [5.41, 5.74) is 0.653. The second kappa shape index (κ2) is 5.73. The van der Waals surface area contributed by atoms with Crippen molar-refractivity contribution in [3.63, 3.8) is 0 Å². The van der Waals surface area contributed by atoms with Crippen LogP contribution in [0.5, 0.6) is 0 Å². The number of nitrogens with zero attached hydrogens (tertiary/aromatic N) is 2. The fourth-order valence-electron chi connectivity index (χ4n) is 2.13. The van der Waals surface area contributed by atoms with Crippen LogP contribution in [-0.4, -0.2) is 9.55 Å². The molecule has 0 fully saturated rings. The molecule has 2 aromatic heterocycles. The molecule has 3 rings (SSSR count). The van der Waals surface area contributed by atoms with Crippen LogP contribution in [0.15, 0.2) is 57.9 Å². The van der Waals surface area contributed by atoms with E-state index < -0.39 is 0 Å². The Labute approximate surface area is 129 Å². The normalized spacial score (nSPS) is 12.3. The number of imidazole rings is 1. The Kier molecular flexibility index (Phi) is 3.79. The van der Waals surface area contributed by atoms with Crippen molar-refractivity contribution in [2.45, 2.75) is 6.04 Å². The number of hydrogen-bond donors (Lipinski definition) is 1. The predicted molar refractivity (Wildman–Crippen MR) is 81.5 cm³/mol. The highest BCUT2D eigenvalue weighted by Gasteiger charge is 2.21. The lowest BCUT2D eigenvalue weighted by Gasteiger charge is -2.18. The maximum atomic E-state index is 13.7. The van der Waals surface area contributed by atoms with E-state index >= 15 is 0 Å². The van der Waals surface area contributed by atoms with Gasteiger partial charge in [0.1, 0.15) is 23.4 Å². The lowest BCUT2D eigenvalue weighted by molar-refractivity contribution is 0.488. The van der Waals surface area contributed by atoms with Gasteiger partial charge in [0, 0.05) is 25.1 Å². The number of aryl methyl sites for hydroxylation is 1. The van der Waals surface area contributed by atoms with Crippen LogP contribution in [0.1, 0.15) is 17.6 Å². The van der Waals surface area contributed by atoms with Crippen molar-refractivity contribution in [3.05, 3.63) is 70.9 Å². The van der Waals surface area contributed by atoms with Gasteiger partial charge in [0.25, 0.3) is 0 Å². The van der Waals surface area contributed by atoms with Crippen LogP contribution in [0.4, 0.5) is 10.1 Å². The van der Waals surface area contributed by atoms with Gasteiger partial charge in [-0.15, -0.1) is 0 Å². The summed E-state index contributed by atoms with van der Waals surface area (Å²) in [4.78, 5) is 4.35. The lowest BCUT2D eigenvalue weighted by Crippen LogP contribution is -2.16. The molecule has 0 saturated carbocycles. The van der Waals surface area contributed by atoms with Crippen molar-refractivity contribution in [1.29, 1.82) is 0 Å². The van der Waals surface area contributed by atoms with Gasteiger partial charge in [0.05, 0.1) is 10.7 Å². The monoisotopic (exact) mass is 349 g/mol. The number of nitrogens with one attached hydrogen (secondary N) is 1. The minimum absolute atomic E-state index is 0.291. The molecule has 1 N–H and O–H groups in total. The second-order valence-electron chi connectivity index (χ2n) is 4.62. The third-order valence-corrected chi connectivity index (χ3v) is 3.82. The van der Waals surface area contributed by atoms with Crippen molar-refractivity contribution in [2.24, 2.45) is 7.05 Å². The average Bonchev–Trinajstić information content (AvgIpc) is 3.12. The molecule has 1 aromatic carbocycles. The molecule has 0 aliphatic rings. The number of hydrogen-bond acceptors (Lipinski definition) is 3. The Balaban J connectivity index is 1.97. The number of furan rings is 1. The predicted octanol–water partition coefficient (Wildman–Crippen LogP) is 4.12. The highest BCUT2D eigenvalue weighted by Crippen LogP contribution is 2.27. The lowest BCUT2D eigenvalue weighted by atomic mass is 10.2. The summed E-state index contributed by atoms with van der Waals surface area (Å²) < 4.78 is 21.5. The minimum atomic E-state index is -0.321. The molecule has 0 spiro atoms. The zero-order valence-electron chi connectivity index (χ0n) is 11.3. The minimum Gasteiger partial charge on any atom is -0.467 e. The van der Waals surface area contributed by atoms with Gasteiger partial charge in [-0.2, -0.15) is 0 Å². The van der Waals surface area contributed by atoms with E-state index in [4.69, 9.17) is 4.42 Å². The molecule has 0 bridgehead atoms. The quantitative estimate of drug-likeness (QED) is 0.770. The van der Waals surface area contributed by atoms with E-state index in [1.54, 1.807) is 24.6 Å². The molecular weight excluding hydrogens is 337 g/mol. The van der Waals surface area contributed by atoms with Gasteiger partial charge in [-0.3, -0.25) is 0 Å². The van der Waals surface area contributed by atoms with E-state index in [0.717, 1.165) is 5.82 Å². The number of anilines is 1. The molecule has 2 heterocycles. The molecule has 1 atom stereocenters. The Morgan fingerprint density at radius 3 is 2.86 bits per heavy atom. The Morgan fingerprint density at radius 1 is 1.38 bits per heavy atom. The van der Waals surface area contributed by atoms with Gasteiger partial charge < -0.3 is 14.3 Å². The fraction of sp³-hybridized carbons (Fsp3) is 0.133. The smallest absolute Gasteiger partial charge is 0.143 e. The van der Waals surface area contributed by atoms with Gasteiger partial charge in [-0.05, 0) is 46.3 Å². The van der Waals surface area contributed by atoms with Crippen molar-refractivity contribution < 1.29 is 8.81 Å². The molecular formula is C15H13BrFN3O. The van der Waals surface area contributed by atoms with E-state index in [0.29, 0.717) is 15.9 Å². The third kappa shape index (κ3) is 2.85. The summed E-state index contributed by atoms with van der Waals surface area (Å²) >= 11 is 3.15. The van der Waals surface area contributed by atoms with Crippen LogP contribution in [-0.2, 0) is 7.05 Å². The summed E-state index contributed by atoms with van der Waals surface area (Å²) in [6, 6.07) is 8.28. The largest absolute Gasteiger partial charge is 0.467 e. The van der Waals surface area contributed by atoms with E-state index in [1.165, 1.54) is 6.07 Å². The highest BCUT2D eigenvalue weighted by atomic mass is 79.9. The van der Waals surface area contributed by atoms with Gasteiger partial charge >= 0.3 is 0 Å². The van der Waals surface area contributed by atoms with Gasteiger partial charge in [-0.25, -0.2) is 9.37 Å². The highest BCUT2D eigenvalue weighted by molar-refractivity contribution is 9.10. The maximum Gasteiger partial charge on any atom is 0.143 e. The maximum absolute atomic E-state index is 13.7. The number of aromatic nitrogens is 2. The fourth-order valence-corrected chi connectivity index (χ4v) is 2.37. The summed E-state index contributed by atoms with van der Waals surface area (Å²) in [6.45, 7) is 0. The molecule has 0 amide bonds. The summed E-state index contributed by atoms with van der Waals surface area (Å²) in [6.07, 6.45) is 5.18. The Bertz CT molecular complexity index is 739. The standard InChI is InChI=1S/C15H13BrFN3O/c1-20-7-6-18-15(20)14(13-3-2-8-21-13)19-10-4-5-11(16)12(17)9-10/h2-9,14,19H,1H3. The number of rotatable bonds is 4. The summed E-state index contributed by atoms with van der Waals surface area (Å²) in [7, 11) is 1.90. The summed E-state index contributed by atoms with van der Waals surface area (Å²) in [5.74, 6) is 1.18. The molecule has 4 nitrogen and oxygen atoms in total. The molecule has 1 unspecified atom stereocenters. The first-order chi connectivity index (χ1) is 10.1. The number of benzene rings is 1. The van der Waals surface area contributed by atoms with Crippen LogP contribution in [0.25, 0.3) is 0 Å². The zero-order chi connectivity index (χ0) is 14.8. The molecule has 6 heteroatoms. The molecule has 21 heavy (non-hydrogen) atoms. The second-order valence-corrected chi connectivity index (χ2v) is 5.47. The molecule has 3 aromatic rings. The third-order valence-electron chi connectivity index (χ3n) is 3.17. The Morgan fingerprint density at radius 2 is 2.24 bits per heavy atom. The van der Waals surface area contributed by atoms with E-state index in [2.05, 4.69) is 26.2 Å². The first kappa shape index (κ1) is 13.9. The molecule has 0 saturated heterocycles. The van der Waals surface area contributed by atoms with Crippen molar-refractivity contribution >= 4 is 21.6 Å². The molecule has 108 valence electrons. The Hall–Kier alpha value is -2.08. The van der Waals surface area contributed by atoms with Gasteiger partial charge in [0.2, 0.25) is 0 Å². The van der Waals surface area contributed by atoms with Crippen LogP contribution in [0.3, 0.4) is 0 Å². The van der Waals surface area contributed by atoms with Crippen LogP contribution >= 0.6 is 15.9 Å².